The number of hydrogen-bond acceptors (Lipinski definition) is 2. The van der Waals surface area contributed by atoms with Crippen LogP contribution in [0.4, 0.5) is 0 Å². The zero-order valence-corrected chi connectivity index (χ0v) is 14.3. The maximum atomic E-state index is 5.89. The molecule has 0 bridgehead atoms. The molecular weight excluding hydrogens is 284 g/mol. The van der Waals surface area contributed by atoms with Gasteiger partial charge in [0.15, 0.2) is 0 Å². The van der Waals surface area contributed by atoms with Gasteiger partial charge < -0.3 is 9.15 Å². The molecule has 23 heavy (non-hydrogen) atoms. The fraction of sp³-hybridized carbons (Fsp3) is 0.333. The predicted octanol–water partition coefficient (Wildman–Crippen LogP) is 5.93. The zero-order valence-electron chi connectivity index (χ0n) is 14.3. The smallest absolute Gasteiger partial charge is 0.135 e. The largest absolute Gasteiger partial charge is 0.459 e. The van der Waals surface area contributed by atoms with Crippen LogP contribution in [0, 0.1) is 0 Å². The van der Waals surface area contributed by atoms with Crippen LogP contribution < -0.4 is 0 Å². The summed E-state index contributed by atoms with van der Waals surface area (Å²) in [7, 11) is 0. The van der Waals surface area contributed by atoms with Crippen molar-refractivity contribution in [2.45, 2.75) is 39.7 Å². The Morgan fingerprint density at radius 3 is 2.26 bits per heavy atom. The topological polar surface area (TPSA) is 22.4 Å². The van der Waals surface area contributed by atoms with Crippen molar-refractivity contribution in [3.63, 3.8) is 0 Å². The Kier molecular flexibility index (Phi) is 4.27. The molecule has 0 fully saturated rings. The number of furan rings is 1. The molecule has 0 spiro atoms. The van der Waals surface area contributed by atoms with E-state index in [0.29, 0.717) is 13.2 Å². The van der Waals surface area contributed by atoms with E-state index in [4.69, 9.17) is 9.15 Å². The monoisotopic (exact) mass is 308 g/mol. The molecule has 0 amide bonds. The second kappa shape index (κ2) is 6.21. The summed E-state index contributed by atoms with van der Waals surface area (Å²) in [6.07, 6.45) is 0. The van der Waals surface area contributed by atoms with Crippen LogP contribution >= 0.6 is 0 Å². The molecule has 3 rings (SSSR count). The molecule has 0 unspecified atom stereocenters. The molecule has 0 saturated heterocycles. The highest BCUT2D eigenvalue weighted by molar-refractivity contribution is 5.83. The number of ether oxygens (including phenoxy) is 1. The van der Waals surface area contributed by atoms with Crippen LogP contribution in [0.15, 0.2) is 52.9 Å². The molecule has 0 aliphatic heterocycles. The van der Waals surface area contributed by atoms with Crippen molar-refractivity contribution < 1.29 is 9.15 Å². The molecule has 0 aliphatic rings. The Hall–Kier alpha value is -2.06. The van der Waals surface area contributed by atoms with Gasteiger partial charge >= 0.3 is 0 Å². The van der Waals surface area contributed by atoms with Crippen molar-refractivity contribution in [3.8, 4) is 11.1 Å². The molecule has 0 radical (unpaired) electrons. The highest BCUT2D eigenvalue weighted by Crippen LogP contribution is 2.29. The van der Waals surface area contributed by atoms with Crippen molar-refractivity contribution in [1.82, 2.24) is 0 Å². The lowest BCUT2D eigenvalue weighted by Gasteiger charge is -2.19. The molecule has 0 atom stereocenters. The fourth-order valence-electron chi connectivity index (χ4n) is 2.70. The second-order valence-electron chi connectivity index (χ2n) is 6.93. The molecule has 1 aromatic heterocycles. The Balaban J connectivity index is 1.90. The summed E-state index contributed by atoms with van der Waals surface area (Å²) in [5.74, 6) is 0.877. The molecule has 0 saturated carbocycles. The van der Waals surface area contributed by atoms with Gasteiger partial charge in [0.2, 0.25) is 0 Å². The molecule has 2 nitrogen and oxygen atoms in total. The zero-order chi connectivity index (χ0) is 16.4. The van der Waals surface area contributed by atoms with E-state index in [1.54, 1.807) is 0 Å². The van der Waals surface area contributed by atoms with Gasteiger partial charge in [0, 0.05) is 12.0 Å². The van der Waals surface area contributed by atoms with Gasteiger partial charge in [-0.15, -0.1) is 0 Å². The van der Waals surface area contributed by atoms with E-state index in [9.17, 15) is 0 Å². The van der Waals surface area contributed by atoms with Crippen molar-refractivity contribution in [2.24, 2.45) is 0 Å². The summed E-state index contributed by atoms with van der Waals surface area (Å²) in [5, 5.41) is 1.12. The average Bonchev–Trinajstić information content (AvgIpc) is 2.94. The Labute approximate surface area is 138 Å². The van der Waals surface area contributed by atoms with Crippen molar-refractivity contribution in [1.29, 1.82) is 0 Å². The van der Waals surface area contributed by atoms with Gasteiger partial charge in [0.1, 0.15) is 18.0 Å². The van der Waals surface area contributed by atoms with E-state index >= 15 is 0 Å². The first-order chi connectivity index (χ1) is 11.0. The lowest BCUT2D eigenvalue weighted by Crippen LogP contribution is -2.10. The Bertz CT molecular complexity index is 789. The lowest BCUT2D eigenvalue weighted by molar-refractivity contribution is 0.119. The summed E-state index contributed by atoms with van der Waals surface area (Å²) >= 11 is 0. The van der Waals surface area contributed by atoms with Crippen LogP contribution in [0.3, 0.4) is 0 Å². The van der Waals surface area contributed by atoms with Crippen LogP contribution in [0.5, 0.6) is 0 Å². The summed E-state index contributed by atoms with van der Waals surface area (Å²) in [4.78, 5) is 0. The molecule has 120 valence electrons. The Morgan fingerprint density at radius 1 is 0.913 bits per heavy atom. The number of rotatable bonds is 4. The van der Waals surface area contributed by atoms with Crippen molar-refractivity contribution in [2.75, 3.05) is 6.61 Å². The SMILES string of the molecule is CCOCc1cc2ccc(-c3ccc(C(C)(C)C)cc3)cc2o1. The van der Waals surface area contributed by atoms with Crippen LogP contribution in [0.25, 0.3) is 22.1 Å². The lowest BCUT2D eigenvalue weighted by atomic mass is 9.86. The second-order valence-corrected chi connectivity index (χ2v) is 6.93. The number of benzene rings is 2. The number of fused-ring (bicyclic) bond motifs is 1. The first-order valence-corrected chi connectivity index (χ1v) is 8.18. The molecule has 0 N–H and O–H groups in total. The van der Waals surface area contributed by atoms with E-state index in [1.165, 1.54) is 16.7 Å². The number of hydrogen-bond donors (Lipinski definition) is 0. The molecular formula is C21H24O2. The van der Waals surface area contributed by atoms with Gasteiger partial charge in [-0.2, -0.15) is 0 Å². The van der Waals surface area contributed by atoms with Crippen LogP contribution in [-0.2, 0) is 16.8 Å². The Morgan fingerprint density at radius 2 is 1.61 bits per heavy atom. The molecule has 1 heterocycles. The highest BCUT2D eigenvalue weighted by atomic mass is 16.5. The van der Waals surface area contributed by atoms with E-state index < -0.39 is 0 Å². The minimum Gasteiger partial charge on any atom is -0.459 e. The third kappa shape index (κ3) is 3.48. The van der Waals surface area contributed by atoms with Crippen LogP contribution in [-0.4, -0.2) is 6.61 Å². The predicted molar refractivity (Wildman–Crippen MR) is 95.7 cm³/mol. The maximum Gasteiger partial charge on any atom is 0.135 e. The van der Waals surface area contributed by atoms with Gasteiger partial charge in [0.05, 0.1) is 0 Å². The first kappa shape index (κ1) is 15.8. The van der Waals surface area contributed by atoms with Crippen molar-refractivity contribution >= 4 is 11.0 Å². The summed E-state index contributed by atoms with van der Waals surface area (Å²) in [5.41, 5.74) is 4.83. The molecule has 0 aliphatic carbocycles. The van der Waals surface area contributed by atoms with Gasteiger partial charge in [-0.05, 0) is 41.2 Å². The van der Waals surface area contributed by atoms with E-state index in [-0.39, 0.29) is 5.41 Å². The third-order valence-corrected chi connectivity index (χ3v) is 4.10. The molecule has 2 aromatic carbocycles. The third-order valence-electron chi connectivity index (χ3n) is 4.10. The van der Waals surface area contributed by atoms with Gasteiger partial charge in [-0.3, -0.25) is 0 Å². The first-order valence-electron chi connectivity index (χ1n) is 8.18. The van der Waals surface area contributed by atoms with Gasteiger partial charge in [0.25, 0.3) is 0 Å². The molecule has 3 aromatic rings. The average molecular weight is 308 g/mol. The quantitative estimate of drug-likeness (QED) is 0.595. The highest BCUT2D eigenvalue weighted by Gasteiger charge is 2.13. The van der Waals surface area contributed by atoms with Crippen LogP contribution in [0.2, 0.25) is 0 Å². The maximum absolute atomic E-state index is 5.89. The molecule has 2 heteroatoms. The summed E-state index contributed by atoms with van der Waals surface area (Å²) < 4.78 is 11.3. The minimum absolute atomic E-state index is 0.178. The minimum atomic E-state index is 0.178. The van der Waals surface area contributed by atoms with E-state index in [2.05, 4.69) is 69.3 Å². The summed E-state index contributed by atoms with van der Waals surface area (Å²) in [6.45, 7) is 9.91. The standard InChI is InChI=1S/C21H24O2/c1-5-22-14-19-12-17-7-6-16(13-20(17)23-19)15-8-10-18(11-9-15)21(2,3)4/h6-13H,5,14H2,1-4H3. The van der Waals surface area contributed by atoms with Gasteiger partial charge in [-0.1, -0.05) is 57.2 Å². The van der Waals surface area contributed by atoms with Gasteiger partial charge in [-0.25, -0.2) is 0 Å². The van der Waals surface area contributed by atoms with Crippen LogP contribution in [0.1, 0.15) is 39.0 Å². The van der Waals surface area contributed by atoms with E-state index in [0.717, 1.165) is 16.7 Å². The summed E-state index contributed by atoms with van der Waals surface area (Å²) in [6, 6.07) is 17.2. The fourth-order valence-corrected chi connectivity index (χ4v) is 2.70. The normalized spacial score (nSPS) is 12.0. The van der Waals surface area contributed by atoms with Crippen molar-refractivity contribution in [3.05, 3.63) is 59.9 Å². The van der Waals surface area contributed by atoms with E-state index in [1.807, 2.05) is 6.92 Å².